The summed E-state index contributed by atoms with van der Waals surface area (Å²) in [5, 5.41) is 0.0641. The van der Waals surface area contributed by atoms with Crippen LogP contribution in [0.4, 0.5) is 0 Å². The van der Waals surface area contributed by atoms with Gasteiger partial charge in [0.2, 0.25) is 5.91 Å². The van der Waals surface area contributed by atoms with Gasteiger partial charge in [0.1, 0.15) is 0 Å². The molecule has 1 aromatic rings. The van der Waals surface area contributed by atoms with E-state index in [1.165, 1.54) is 16.8 Å². The van der Waals surface area contributed by atoms with Crippen molar-refractivity contribution in [1.82, 2.24) is 18.8 Å². The van der Waals surface area contributed by atoms with Crippen molar-refractivity contribution in [2.45, 2.75) is 24.3 Å². The second-order valence-electron chi connectivity index (χ2n) is 6.35. The Balaban J connectivity index is 1.65. The summed E-state index contributed by atoms with van der Waals surface area (Å²) in [6, 6.07) is 0. The minimum absolute atomic E-state index is 0.0118. The largest absolute Gasteiger partial charge is 0.381 e. The summed E-state index contributed by atoms with van der Waals surface area (Å²) in [6.07, 6.45) is 5.13. The van der Waals surface area contributed by atoms with Crippen LogP contribution in [0.2, 0.25) is 0 Å². The molecule has 0 atom stereocenters. The van der Waals surface area contributed by atoms with Gasteiger partial charge in [0.15, 0.2) is 5.03 Å². The Hall–Kier alpha value is -1.45. The number of aromatic nitrogens is 2. The lowest BCUT2D eigenvalue weighted by atomic mass is 9.98. The first-order chi connectivity index (χ1) is 11.5. The van der Waals surface area contributed by atoms with Crippen LogP contribution in [0.1, 0.15) is 19.3 Å². The van der Waals surface area contributed by atoms with Crippen LogP contribution >= 0.6 is 0 Å². The first kappa shape index (κ1) is 17.4. The van der Waals surface area contributed by atoms with Crippen LogP contribution in [0.25, 0.3) is 0 Å². The van der Waals surface area contributed by atoms with Crippen LogP contribution in [-0.2, 0) is 26.6 Å². The van der Waals surface area contributed by atoms with Gasteiger partial charge in [-0.2, -0.15) is 4.31 Å². The molecule has 1 amide bonds. The molecule has 3 heterocycles. The molecule has 0 saturated carbocycles. The number of rotatable bonds is 3. The molecule has 0 spiro atoms. The molecule has 0 radical (unpaired) electrons. The number of amides is 1. The lowest BCUT2D eigenvalue weighted by Crippen LogP contribution is -2.41. The maximum Gasteiger partial charge on any atom is 0.262 e. The van der Waals surface area contributed by atoms with Gasteiger partial charge in [-0.05, 0) is 19.3 Å². The van der Waals surface area contributed by atoms with Gasteiger partial charge in [0, 0.05) is 58.6 Å². The topological polar surface area (TPSA) is 84.7 Å². The lowest BCUT2D eigenvalue weighted by molar-refractivity contribution is -0.138. The van der Waals surface area contributed by atoms with E-state index in [4.69, 9.17) is 4.74 Å². The molecule has 2 fully saturated rings. The zero-order valence-electron chi connectivity index (χ0n) is 13.9. The standard InChI is InChI=1S/C15H24N4O4S/c1-17-11-14(16-12-17)24(21,22)19-6-2-5-18(7-8-19)15(20)13-3-9-23-10-4-13/h11-13H,2-10H2,1H3. The van der Waals surface area contributed by atoms with E-state index >= 15 is 0 Å². The predicted molar refractivity (Wildman–Crippen MR) is 86.7 cm³/mol. The van der Waals surface area contributed by atoms with Crippen LogP contribution in [0, 0.1) is 5.92 Å². The van der Waals surface area contributed by atoms with E-state index < -0.39 is 10.0 Å². The van der Waals surface area contributed by atoms with Crippen molar-refractivity contribution in [3.63, 3.8) is 0 Å². The molecular formula is C15H24N4O4S. The van der Waals surface area contributed by atoms with Gasteiger partial charge >= 0.3 is 0 Å². The highest BCUT2D eigenvalue weighted by Crippen LogP contribution is 2.20. The monoisotopic (exact) mass is 356 g/mol. The highest BCUT2D eigenvalue weighted by Gasteiger charge is 2.32. The fraction of sp³-hybridized carbons (Fsp3) is 0.733. The second-order valence-corrected chi connectivity index (χ2v) is 8.23. The van der Waals surface area contributed by atoms with E-state index in [0.717, 1.165) is 12.8 Å². The number of imidazole rings is 1. The number of carbonyl (C=O) groups excluding carboxylic acids is 1. The third kappa shape index (κ3) is 3.62. The van der Waals surface area contributed by atoms with Crippen molar-refractivity contribution in [3.8, 4) is 0 Å². The van der Waals surface area contributed by atoms with E-state index in [-0.39, 0.29) is 16.9 Å². The van der Waals surface area contributed by atoms with Gasteiger partial charge in [-0.15, -0.1) is 0 Å². The molecular weight excluding hydrogens is 332 g/mol. The first-order valence-electron chi connectivity index (χ1n) is 8.33. The summed E-state index contributed by atoms with van der Waals surface area (Å²) in [7, 11) is -1.86. The third-order valence-corrected chi connectivity index (χ3v) is 6.41. The summed E-state index contributed by atoms with van der Waals surface area (Å²) in [5.41, 5.74) is 0. The average Bonchev–Trinajstić information content (AvgIpc) is 2.88. The average molecular weight is 356 g/mol. The Morgan fingerprint density at radius 3 is 2.62 bits per heavy atom. The van der Waals surface area contributed by atoms with Crippen LogP contribution < -0.4 is 0 Å². The molecule has 1 aromatic heterocycles. The van der Waals surface area contributed by atoms with Crippen molar-refractivity contribution in [2.75, 3.05) is 39.4 Å². The molecule has 0 unspecified atom stereocenters. The smallest absolute Gasteiger partial charge is 0.262 e. The van der Waals surface area contributed by atoms with E-state index in [2.05, 4.69) is 4.98 Å². The number of sulfonamides is 1. The van der Waals surface area contributed by atoms with Gasteiger partial charge in [-0.25, -0.2) is 13.4 Å². The molecule has 2 aliphatic heterocycles. The second kappa shape index (κ2) is 7.20. The maximum absolute atomic E-state index is 12.7. The van der Waals surface area contributed by atoms with Crippen LogP contribution in [0.5, 0.6) is 0 Å². The number of hydrogen-bond donors (Lipinski definition) is 0. The van der Waals surface area contributed by atoms with Gasteiger partial charge in [-0.3, -0.25) is 4.79 Å². The summed E-state index contributed by atoms with van der Waals surface area (Å²) in [6.45, 7) is 3.02. The van der Waals surface area contributed by atoms with Gasteiger partial charge < -0.3 is 14.2 Å². The SMILES string of the molecule is Cn1cnc(S(=O)(=O)N2CCCN(C(=O)C3CCOCC3)CC2)c1. The Bertz CT molecular complexity index is 681. The van der Waals surface area contributed by atoms with Crippen molar-refractivity contribution in [1.29, 1.82) is 0 Å². The molecule has 2 aliphatic rings. The minimum atomic E-state index is -3.60. The van der Waals surface area contributed by atoms with E-state index in [0.29, 0.717) is 45.8 Å². The minimum Gasteiger partial charge on any atom is -0.381 e. The molecule has 0 bridgehead atoms. The van der Waals surface area contributed by atoms with E-state index in [1.54, 1.807) is 11.6 Å². The summed E-state index contributed by atoms with van der Waals surface area (Å²) < 4.78 is 33.7. The van der Waals surface area contributed by atoms with Crippen LogP contribution in [0.3, 0.4) is 0 Å². The van der Waals surface area contributed by atoms with E-state index in [1.807, 2.05) is 4.90 Å². The molecule has 134 valence electrons. The number of aryl methyl sites for hydroxylation is 1. The number of carbonyl (C=O) groups is 1. The summed E-state index contributed by atoms with van der Waals surface area (Å²) in [4.78, 5) is 18.4. The Labute approximate surface area is 142 Å². The Morgan fingerprint density at radius 1 is 1.21 bits per heavy atom. The normalized spacial score (nSPS) is 21.6. The molecule has 8 nitrogen and oxygen atoms in total. The molecule has 0 aliphatic carbocycles. The predicted octanol–water partition coefficient (Wildman–Crippen LogP) is 0.0697. The number of ether oxygens (including phenoxy) is 1. The third-order valence-electron chi connectivity index (χ3n) is 4.62. The van der Waals surface area contributed by atoms with Gasteiger partial charge in [0.25, 0.3) is 10.0 Å². The quantitative estimate of drug-likeness (QED) is 0.765. The van der Waals surface area contributed by atoms with Crippen LogP contribution in [0.15, 0.2) is 17.6 Å². The first-order valence-corrected chi connectivity index (χ1v) is 9.77. The van der Waals surface area contributed by atoms with Crippen molar-refractivity contribution in [3.05, 3.63) is 12.5 Å². The zero-order chi connectivity index (χ0) is 17.2. The van der Waals surface area contributed by atoms with Crippen molar-refractivity contribution >= 4 is 15.9 Å². The fourth-order valence-electron chi connectivity index (χ4n) is 3.21. The highest BCUT2D eigenvalue weighted by atomic mass is 32.2. The van der Waals surface area contributed by atoms with Crippen molar-refractivity contribution in [2.24, 2.45) is 13.0 Å². The molecule has 3 rings (SSSR count). The summed E-state index contributed by atoms with van der Waals surface area (Å²) in [5.74, 6) is 0.146. The highest BCUT2D eigenvalue weighted by molar-refractivity contribution is 7.89. The molecule has 9 heteroatoms. The maximum atomic E-state index is 12.7. The molecule has 0 N–H and O–H groups in total. The Kier molecular flexibility index (Phi) is 5.21. The van der Waals surface area contributed by atoms with Gasteiger partial charge in [-0.1, -0.05) is 0 Å². The lowest BCUT2D eigenvalue weighted by Gasteiger charge is -2.28. The number of nitrogens with zero attached hydrogens (tertiary/aromatic N) is 4. The van der Waals surface area contributed by atoms with Crippen LogP contribution in [-0.4, -0.2) is 72.5 Å². The molecule has 0 aromatic carbocycles. The van der Waals surface area contributed by atoms with E-state index in [9.17, 15) is 13.2 Å². The van der Waals surface area contributed by atoms with Gasteiger partial charge in [0.05, 0.1) is 6.33 Å². The van der Waals surface area contributed by atoms with Crippen molar-refractivity contribution < 1.29 is 17.9 Å². The Morgan fingerprint density at radius 2 is 1.96 bits per heavy atom. The fourth-order valence-corrected chi connectivity index (χ4v) is 4.65. The molecule has 2 saturated heterocycles. The zero-order valence-corrected chi connectivity index (χ0v) is 14.7. The number of hydrogen-bond acceptors (Lipinski definition) is 5. The molecule has 24 heavy (non-hydrogen) atoms. The summed E-state index contributed by atoms with van der Waals surface area (Å²) >= 11 is 0.